The van der Waals surface area contributed by atoms with Gasteiger partial charge in [-0.15, -0.1) is 0 Å². The molecule has 3 aromatic rings. The van der Waals surface area contributed by atoms with Crippen LogP contribution in [-0.2, 0) is 0 Å². The first-order valence-electron chi connectivity index (χ1n) is 7.74. The molecule has 2 aromatic carbocycles. The van der Waals surface area contributed by atoms with E-state index < -0.39 is 5.91 Å². The molecule has 0 aliphatic heterocycles. The van der Waals surface area contributed by atoms with Crippen LogP contribution in [0, 0.1) is 19.7 Å². The van der Waals surface area contributed by atoms with Crippen LogP contribution < -0.4 is 10.6 Å². The number of nitrogens with one attached hydrogen (secondary N) is 2. The lowest BCUT2D eigenvalue weighted by Crippen LogP contribution is -2.14. The van der Waals surface area contributed by atoms with Gasteiger partial charge in [0.25, 0.3) is 5.91 Å². The first-order chi connectivity index (χ1) is 12.0. The molecule has 0 spiro atoms. The molecule has 0 saturated heterocycles. The van der Waals surface area contributed by atoms with E-state index in [-0.39, 0.29) is 11.5 Å². The standard InChI is InChI=1S/C19H17FN4O/c1-12-7-13(2)9-16(8-12)23-18-10-17(21-11-22-18)19(25)24-15-5-3-14(20)4-6-15/h3-11H,1-2H3,(H,24,25)(H,21,22,23). The summed E-state index contributed by atoms with van der Waals surface area (Å²) in [6, 6.07) is 13.2. The Morgan fingerprint density at radius 2 is 1.60 bits per heavy atom. The molecule has 126 valence electrons. The second-order valence-corrected chi connectivity index (χ2v) is 5.75. The Morgan fingerprint density at radius 3 is 2.28 bits per heavy atom. The van der Waals surface area contributed by atoms with Gasteiger partial charge in [-0.05, 0) is 61.4 Å². The fraction of sp³-hybridized carbons (Fsp3) is 0.105. The summed E-state index contributed by atoms with van der Waals surface area (Å²) in [6.07, 6.45) is 1.32. The lowest BCUT2D eigenvalue weighted by molar-refractivity contribution is 0.102. The van der Waals surface area contributed by atoms with Crippen LogP contribution in [0.1, 0.15) is 21.6 Å². The van der Waals surface area contributed by atoms with Gasteiger partial charge in [-0.25, -0.2) is 14.4 Å². The van der Waals surface area contributed by atoms with E-state index in [2.05, 4.69) is 26.7 Å². The van der Waals surface area contributed by atoms with Gasteiger partial charge in [0, 0.05) is 17.4 Å². The van der Waals surface area contributed by atoms with E-state index in [0.717, 1.165) is 16.8 Å². The van der Waals surface area contributed by atoms with Gasteiger partial charge < -0.3 is 10.6 Å². The van der Waals surface area contributed by atoms with Crippen molar-refractivity contribution in [1.29, 1.82) is 0 Å². The van der Waals surface area contributed by atoms with E-state index in [4.69, 9.17) is 0 Å². The zero-order valence-corrected chi connectivity index (χ0v) is 13.9. The number of halogens is 1. The summed E-state index contributed by atoms with van der Waals surface area (Å²) in [4.78, 5) is 20.4. The predicted octanol–water partition coefficient (Wildman–Crippen LogP) is 4.23. The number of carbonyl (C=O) groups is 1. The van der Waals surface area contributed by atoms with Crippen LogP contribution >= 0.6 is 0 Å². The molecule has 6 heteroatoms. The van der Waals surface area contributed by atoms with Gasteiger partial charge in [0.2, 0.25) is 0 Å². The van der Waals surface area contributed by atoms with E-state index in [1.165, 1.54) is 30.6 Å². The number of anilines is 3. The summed E-state index contributed by atoms with van der Waals surface area (Å²) < 4.78 is 12.9. The fourth-order valence-electron chi connectivity index (χ4n) is 2.47. The van der Waals surface area contributed by atoms with Crippen LogP contribution in [0.5, 0.6) is 0 Å². The van der Waals surface area contributed by atoms with Gasteiger partial charge in [0.1, 0.15) is 23.7 Å². The SMILES string of the molecule is Cc1cc(C)cc(Nc2cc(C(=O)Nc3ccc(F)cc3)ncn2)c1. The average Bonchev–Trinajstić information content (AvgIpc) is 2.56. The summed E-state index contributed by atoms with van der Waals surface area (Å²) in [5, 5.41) is 5.84. The maximum absolute atomic E-state index is 12.9. The van der Waals surface area contributed by atoms with Crippen molar-refractivity contribution in [3.05, 3.63) is 77.5 Å². The zero-order chi connectivity index (χ0) is 17.8. The lowest BCUT2D eigenvalue weighted by atomic mass is 10.1. The van der Waals surface area contributed by atoms with Crippen LogP contribution in [0.15, 0.2) is 54.9 Å². The van der Waals surface area contributed by atoms with Crippen molar-refractivity contribution in [2.75, 3.05) is 10.6 Å². The van der Waals surface area contributed by atoms with E-state index in [0.29, 0.717) is 11.5 Å². The molecule has 0 unspecified atom stereocenters. The Kier molecular flexibility index (Phi) is 4.70. The largest absolute Gasteiger partial charge is 0.340 e. The zero-order valence-electron chi connectivity index (χ0n) is 13.9. The molecular formula is C19H17FN4O. The Balaban J connectivity index is 1.76. The first kappa shape index (κ1) is 16.6. The molecule has 5 nitrogen and oxygen atoms in total. The highest BCUT2D eigenvalue weighted by Gasteiger charge is 2.10. The van der Waals surface area contributed by atoms with Gasteiger partial charge >= 0.3 is 0 Å². The minimum Gasteiger partial charge on any atom is -0.340 e. The van der Waals surface area contributed by atoms with Gasteiger partial charge in [0.15, 0.2) is 0 Å². The topological polar surface area (TPSA) is 66.9 Å². The Morgan fingerprint density at radius 1 is 0.920 bits per heavy atom. The Hall–Kier alpha value is -3.28. The molecule has 0 atom stereocenters. The van der Waals surface area contributed by atoms with Crippen molar-refractivity contribution in [2.45, 2.75) is 13.8 Å². The fourth-order valence-corrected chi connectivity index (χ4v) is 2.47. The minimum absolute atomic E-state index is 0.214. The normalized spacial score (nSPS) is 10.4. The highest BCUT2D eigenvalue weighted by atomic mass is 19.1. The van der Waals surface area contributed by atoms with Gasteiger partial charge in [-0.1, -0.05) is 6.07 Å². The monoisotopic (exact) mass is 336 g/mol. The Bertz CT molecular complexity index is 889. The average molecular weight is 336 g/mol. The predicted molar refractivity (Wildman–Crippen MR) is 95.6 cm³/mol. The van der Waals surface area contributed by atoms with Crippen LogP contribution in [0.25, 0.3) is 0 Å². The molecule has 1 aromatic heterocycles. The van der Waals surface area contributed by atoms with Crippen molar-refractivity contribution < 1.29 is 9.18 Å². The molecule has 2 N–H and O–H groups in total. The maximum atomic E-state index is 12.9. The summed E-state index contributed by atoms with van der Waals surface area (Å²) >= 11 is 0. The second-order valence-electron chi connectivity index (χ2n) is 5.75. The number of amides is 1. The van der Waals surface area contributed by atoms with Crippen molar-refractivity contribution >= 4 is 23.1 Å². The lowest BCUT2D eigenvalue weighted by Gasteiger charge is -2.09. The molecule has 0 fully saturated rings. The quantitative estimate of drug-likeness (QED) is 0.748. The van der Waals surface area contributed by atoms with E-state index in [9.17, 15) is 9.18 Å². The molecule has 0 radical (unpaired) electrons. The number of rotatable bonds is 4. The highest BCUT2D eigenvalue weighted by Crippen LogP contribution is 2.18. The smallest absolute Gasteiger partial charge is 0.274 e. The van der Waals surface area contributed by atoms with E-state index >= 15 is 0 Å². The summed E-state index contributed by atoms with van der Waals surface area (Å²) in [6.45, 7) is 4.03. The first-order valence-corrected chi connectivity index (χ1v) is 7.74. The summed E-state index contributed by atoms with van der Waals surface area (Å²) in [5.74, 6) is -0.235. The minimum atomic E-state index is -0.391. The third kappa shape index (κ3) is 4.38. The van der Waals surface area contributed by atoms with Crippen molar-refractivity contribution in [1.82, 2.24) is 9.97 Å². The van der Waals surface area contributed by atoms with Crippen LogP contribution in [-0.4, -0.2) is 15.9 Å². The van der Waals surface area contributed by atoms with Crippen molar-refractivity contribution in [3.8, 4) is 0 Å². The molecule has 0 aliphatic rings. The van der Waals surface area contributed by atoms with Crippen molar-refractivity contribution in [2.24, 2.45) is 0 Å². The third-order valence-corrected chi connectivity index (χ3v) is 3.50. The number of aryl methyl sites for hydroxylation is 2. The molecule has 25 heavy (non-hydrogen) atoms. The third-order valence-electron chi connectivity index (χ3n) is 3.50. The highest BCUT2D eigenvalue weighted by molar-refractivity contribution is 6.03. The van der Waals surface area contributed by atoms with E-state index in [1.807, 2.05) is 26.0 Å². The molecule has 1 amide bonds. The molecular weight excluding hydrogens is 319 g/mol. The van der Waals surface area contributed by atoms with Crippen LogP contribution in [0.4, 0.5) is 21.6 Å². The number of benzene rings is 2. The van der Waals surface area contributed by atoms with E-state index in [1.54, 1.807) is 6.07 Å². The summed E-state index contributed by atoms with van der Waals surface area (Å²) in [5.41, 5.74) is 3.86. The van der Waals surface area contributed by atoms with Gasteiger partial charge in [-0.2, -0.15) is 0 Å². The van der Waals surface area contributed by atoms with Crippen LogP contribution in [0.3, 0.4) is 0 Å². The molecule has 3 rings (SSSR count). The Labute approximate surface area is 145 Å². The number of hydrogen-bond acceptors (Lipinski definition) is 4. The molecule has 0 saturated carbocycles. The number of nitrogens with zero attached hydrogens (tertiary/aromatic N) is 2. The molecule has 1 heterocycles. The number of aromatic nitrogens is 2. The maximum Gasteiger partial charge on any atom is 0.274 e. The number of hydrogen-bond donors (Lipinski definition) is 2. The second kappa shape index (κ2) is 7.09. The van der Waals surface area contributed by atoms with Crippen LogP contribution in [0.2, 0.25) is 0 Å². The van der Waals surface area contributed by atoms with Gasteiger partial charge in [0.05, 0.1) is 0 Å². The molecule has 0 aliphatic carbocycles. The molecule has 0 bridgehead atoms. The summed E-state index contributed by atoms with van der Waals surface area (Å²) in [7, 11) is 0. The van der Waals surface area contributed by atoms with Gasteiger partial charge in [-0.3, -0.25) is 4.79 Å². The number of carbonyl (C=O) groups excluding carboxylic acids is 1. The van der Waals surface area contributed by atoms with Crippen molar-refractivity contribution in [3.63, 3.8) is 0 Å².